The molecule has 1 atom stereocenters. The SMILES string of the molecule is CC(C)OC(=O)CC(CCc1ccc([N+](=O)[O-])cc1)(C(=O)OC(C)C)c1ccc([N+](=O)[O-])cc1. The highest BCUT2D eigenvalue weighted by atomic mass is 16.6. The van der Waals surface area contributed by atoms with Crippen LogP contribution in [-0.2, 0) is 30.9 Å². The second-order valence-electron chi connectivity index (χ2n) is 8.48. The Labute approximate surface area is 197 Å². The highest BCUT2D eigenvalue weighted by Crippen LogP contribution is 2.37. The van der Waals surface area contributed by atoms with Gasteiger partial charge in [-0.15, -0.1) is 0 Å². The Bertz CT molecular complexity index is 1030. The van der Waals surface area contributed by atoms with Crippen molar-refractivity contribution in [2.45, 2.75) is 64.6 Å². The minimum absolute atomic E-state index is 0.0647. The Morgan fingerprint density at radius 1 is 0.824 bits per heavy atom. The van der Waals surface area contributed by atoms with Gasteiger partial charge in [0.05, 0.1) is 28.5 Å². The fraction of sp³-hybridized carbons (Fsp3) is 0.417. The van der Waals surface area contributed by atoms with Crippen molar-refractivity contribution in [2.24, 2.45) is 0 Å². The number of hydrogen-bond acceptors (Lipinski definition) is 8. The van der Waals surface area contributed by atoms with Crippen molar-refractivity contribution in [3.05, 3.63) is 79.9 Å². The molecule has 10 heteroatoms. The van der Waals surface area contributed by atoms with Gasteiger partial charge in [0.2, 0.25) is 0 Å². The first-order valence-corrected chi connectivity index (χ1v) is 10.8. The summed E-state index contributed by atoms with van der Waals surface area (Å²) in [7, 11) is 0. The summed E-state index contributed by atoms with van der Waals surface area (Å²) in [6.07, 6.45) is -0.802. The number of aryl methyl sites for hydroxylation is 1. The van der Waals surface area contributed by atoms with E-state index in [-0.39, 0.29) is 30.6 Å². The number of non-ortho nitro benzene ring substituents is 2. The van der Waals surface area contributed by atoms with Crippen LogP contribution in [0.4, 0.5) is 11.4 Å². The molecular weight excluding hydrogens is 444 g/mol. The molecule has 0 fully saturated rings. The van der Waals surface area contributed by atoms with Gasteiger partial charge in [-0.05, 0) is 51.7 Å². The molecule has 0 heterocycles. The topological polar surface area (TPSA) is 139 Å². The number of nitro groups is 2. The second kappa shape index (κ2) is 11.4. The van der Waals surface area contributed by atoms with E-state index in [1.807, 2.05) is 0 Å². The van der Waals surface area contributed by atoms with Crippen LogP contribution in [0.2, 0.25) is 0 Å². The van der Waals surface area contributed by atoms with Gasteiger partial charge >= 0.3 is 11.9 Å². The molecular formula is C24H28N2O8. The lowest BCUT2D eigenvalue weighted by molar-refractivity contribution is -0.385. The molecule has 0 aliphatic carbocycles. The molecule has 0 saturated carbocycles. The normalized spacial score (nSPS) is 12.8. The van der Waals surface area contributed by atoms with Gasteiger partial charge in [-0.1, -0.05) is 24.3 Å². The van der Waals surface area contributed by atoms with E-state index < -0.39 is 39.4 Å². The van der Waals surface area contributed by atoms with Crippen LogP contribution in [0.5, 0.6) is 0 Å². The third-order valence-electron chi connectivity index (χ3n) is 5.17. The molecule has 0 saturated heterocycles. The Morgan fingerprint density at radius 3 is 1.74 bits per heavy atom. The van der Waals surface area contributed by atoms with Crippen LogP contribution in [0.3, 0.4) is 0 Å². The third-order valence-corrected chi connectivity index (χ3v) is 5.17. The number of benzene rings is 2. The van der Waals surface area contributed by atoms with Crippen molar-refractivity contribution in [2.75, 3.05) is 0 Å². The minimum Gasteiger partial charge on any atom is -0.463 e. The molecule has 2 aromatic carbocycles. The van der Waals surface area contributed by atoms with Gasteiger partial charge in [0.15, 0.2) is 0 Å². The zero-order valence-electron chi connectivity index (χ0n) is 19.6. The van der Waals surface area contributed by atoms with Gasteiger partial charge < -0.3 is 9.47 Å². The lowest BCUT2D eigenvalue weighted by atomic mass is 9.73. The van der Waals surface area contributed by atoms with Gasteiger partial charge in [-0.3, -0.25) is 29.8 Å². The van der Waals surface area contributed by atoms with E-state index in [1.165, 1.54) is 36.4 Å². The number of ether oxygens (including phenoxy) is 2. The number of nitrogens with zero attached hydrogens (tertiary/aromatic N) is 2. The summed E-state index contributed by atoms with van der Waals surface area (Å²) in [5.74, 6) is -1.27. The predicted molar refractivity (Wildman–Crippen MR) is 123 cm³/mol. The van der Waals surface area contributed by atoms with Crippen LogP contribution in [0.25, 0.3) is 0 Å². The summed E-state index contributed by atoms with van der Waals surface area (Å²) in [5, 5.41) is 22.1. The molecule has 0 amide bonds. The molecule has 0 aromatic heterocycles. The maximum Gasteiger partial charge on any atom is 0.317 e. The maximum atomic E-state index is 13.4. The fourth-order valence-electron chi connectivity index (χ4n) is 3.55. The number of nitro benzene ring substituents is 2. The van der Waals surface area contributed by atoms with Gasteiger partial charge in [-0.25, -0.2) is 0 Å². The van der Waals surface area contributed by atoms with Crippen LogP contribution in [0.15, 0.2) is 48.5 Å². The Balaban J connectivity index is 2.52. The van der Waals surface area contributed by atoms with Crippen molar-refractivity contribution in [3.8, 4) is 0 Å². The largest absolute Gasteiger partial charge is 0.463 e. The van der Waals surface area contributed by atoms with E-state index in [0.29, 0.717) is 11.1 Å². The van der Waals surface area contributed by atoms with Crippen molar-refractivity contribution >= 4 is 23.3 Å². The van der Waals surface area contributed by atoms with Gasteiger partial charge in [-0.2, -0.15) is 0 Å². The molecule has 0 N–H and O–H groups in total. The van der Waals surface area contributed by atoms with E-state index in [4.69, 9.17) is 9.47 Å². The summed E-state index contributed by atoms with van der Waals surface area (Å²) in [4.78, 5) is 47.1. The van der Waals surface area contributed by atoms with E-state index in [1.54, 1.807) is 39.8 Å². The summed E-state index contributed by atoms with van der Waals surface area (Å²) < 4.78 is 10.8. The first-order chi connectivity index (χ1) is 15.9. The molecule has 1 unspecified atom stereocenters. The van der Waals surface area contributed by atoms with Crippen molar-refractivity contribution in [3.63, 3.8) is 0 Å². The molecule has 0 bridgehead atoms. The highest BCUT2D eigenvalue weighted by Gasteiger charge is 2.44. The van der Waals surface area contributed by atoms with Crippen molar-refractivity contribution in [1.82, 2.24) is 0 Å². The molecule has 0 aliphatic rings. The van der Waals surface area contributed by atoms with Crippen molar-refractivity contribution in [1.29, 1.82) is 0 Å². The summed E-state index contributed by atoms with van der Waals surface area (Å²) in [6.45, 7) is 6.74. The van der Waals surface area contributed by atoms with E-state index in [0.717, 1.165) is 0 Å². The molecule has 10 nitrogen and oxygen atoms in total. The number of carbonyl (C=O) groups is 2. The summed E-state index contributed by atoms with van der Waals surface area (Å²) >= 11 is 0. The monoisotopic (exact) mass is 472 g/mol. The number of rotatable bonds is 11. The van der Waals surface area contributed by atoms with E-state index >= 15 is 0 Å². The molecule has 2 aromatic rings. The highest BCUT2D eigenvalue weighted by molar-refractivity contribution is 5.89. The molecule has 0 radical (unpaired) electrons. The molecule has 0 spiro atoms. The van der Waals surface area contributed by atoms with E-state index in [2.05, 4.69) is 0 Å². The molecule has 2 rings (SSSR count). The lowest BCUT2D eigenvalue weighted by Gasteiger charge is -2.32. The minimum atomic E-state index is -1.48. The van der Waals surface area contributed by atoms with Gasteiger partial charge in [0, 0.05) is 24.3 Å². The van der Waals surface area contributed by atoms with Crippen LogP contribution < -0.4 is 0 Å². The number of carbonyl (C=O) groups excluding carboxylic acids is 2. The smallest absolute Gasteiger partial charge is 0.317 e. The predicted octanol–water partition coefficient (Wildman–Crippen LogP) is 4.67. The number of hydrogen-bond donors (Lipinski definition) is 0. The quantitative estimate of drug-likeness (QED) is 0.261. The average Bonchev–Trinajstić information content (AvgIpc) is 2.76. The maximum absolute atomic E-state index is 13.4. The van der Waals surface area contributed by atoms with Crippen LogP contribution in [0, 0.1) is 20.2 Å². The molecule has 182 valence electrons. The average molecular weight is 472 g/mol. The zero-order valence-corrected chi connectivity index (χ0v) is 19.6. The van der Waals surface area contributed by atoms with Crippen LogP contribution >= 0.6 is 0 Å². The number of esters is 2. The Kier molecular flexibility index (Phi) is 8.83. The van der Waals surface area contributed by atoms with Crippen molar-refractivity contribution < 1.29 is 28.9 Å². The summed E-state index contributed by atoms with van der Waals surface area (Å²) in [5.41, 5.74) is -0.606. The fourth-order valence-corrected chi connectivity index (χ4v) is 3.55. The zero-order chi connectivity index (χ0) is 25.5. The second-order valence-corrected chi connectivity index (χ2v) is 8.48. The Morgan fingerprint density at radius 2 is 1.29 bits per heavy atom. The van der Waals surface area contributed by atoms with Gasteiger partial charge in [0.1, 0.15) is 5.41 Å². The van der Waals surface area contributed by atoms with E-state index in [9.17, 15) is 29.8 Å². The molecule has 0 aliphatic heterocycles. The summed E-state index contributed by atoms with van der Waals surface area (Å²) in [6, 6.07) is 11.3. The molecule has 34 heavy (non-hydrogen) atoms. The first kappa shape index (κ1) is 26.4. The third kappa shape index (κ3) is 6.84. The lowest BCUT2D eigenvalue weighted by Crippen LogP contribution is -2.42. The van der Waals surface area contributed by atoms with Gasteiger partial charge in [0.25, 0.3) is 11.4 Å². The Hall–Kier alpha value is -3.82. The standard InChI is InChI=1S/C24H28N2O8/c1-16(2)33-22(27)15-24(23(28)34-17(3)4,19-7-11-21(12-8-19)26(31)32)14-13-18-5-9-20(10-6-18)25(29)30/h5-12,16-17H,13-15H2,1-4H3. The first-order valence-electron chi connectivity index (χ1n) is 10.8. The van der Waals surface area contributed by atoms with Crippen LogP contribution in [-0.4, -0.2) is 34.0 Å². The van der Waals surface area contributed by atoms with Crippen LogP contribution in [0.1, 0.15) is 51.7 Å².